The first-order valence-corrected chi connectivity index (χ1v) is 7.84. The molecule has 144 valence electrons. The van der Waals surface area contributed by atoms with Crippen molar-refractivity contribution in [3.05, 3.63) is 0 Å². The molecule has 0 aliphatic carbocycles. The monoisotopic (exact) mass is 365 g/mol. The van der Waals surface area contributed by atoms with E-state index in [1.807, 2.05) is 0 Å². The molecule has 0 saturated carbocycles. The fourth-order valence-electron chi connectivity index (χ4n) is 3.05. The highest BCUT2D eigenvalue weighted by molar-refractivity contribution is 5.94. The summed E-state index contributed by atoms with van der Waals surface area (Å²) in [7, 11) is 0. The van der Waals surface area contributed by atoms with Gasteiger partial charge >= 0.3 is 5.97 Å². The first-order valence-electron chi connectivity index (χ1n) is 7.84. The summed E-state index contributed by atoms with van der Waals surface area (Å²) in [4.78, 5) is 24.9. The average Bonchev–Trinajstić information content (AvgIpc) is 3.03. The maximum Gasteiger partial charge on any atom is 0.315 e. The molecule has 1 amide bonds. The van der Waals surface area contributed by atoms with Crippen molar-refractivity contribution in [2.75, 3.05) is 26.4 Å². The fourth-order valence-corrected chi connectivity index (χ4v) is 3.05. The number of rotatable bonds is 6. The molecule has 2 saturated heterocycles. The van der Waals surface area contributed by atoms with E-state index in [0.717, 1.165) is 4.90 Å². The third kappa shape index (κ3) is 4.08. The predicted octanol–water partition coefficient (Wildman–Crippen LogP) is -4.67. The van der Waals surface area contributed by atoms with Crippen LogP contribution in [0.2, 0.25) is 0 Å². The number of hydrogen-bond donors (Lipinski definition) is 6. The molecule has 25 heavy (non-hydrogen) atoms. The fraction of sp³-hybridized carbons (Fsp3) is 0.857. The van der Waals surface area contributed by atoms with Crippen molar-refractivity contribution in [2.24, 2.45) is 0 Å². The smallest absolute Gasteiger partial charge is 0.315 e. The third-order valence-electron chi connectivity index (χ3n) is 4.48. The van der Waals surface area contributed by atoms with E-state index in [1.165, 1.54) is 0 Å². The van der Waals surface area contributed by atoms with Crippen LogP contribution in [-0.4, -0.2) is 116 Å². The van der Waals surface area contributed by atoms with Gasteiger partial charge in [-0.15, -0.1) is 0 Å². The van der Waals surface area contributed by atoms with Crippen LogP contribution in [0.1, 0.15) is 6.42 Å². The average molecular weight is 365 g/mol. The molecule has 0 spiro atoms. The zero-order chi connectivity index (χ0) is 18.7. The van der Waals surface area contributed by atoms with Gasteiger partial charge in [0.2, 0.25) is 5.91 Å². The van der Waals surface area contributed by atoms with Gasteiger partial charge in [0, 0.05) is 0 Å². The lowest BCUT2D eigenvalue weighted by atomic mass is 10.1. The van der Waals surface area contributed by atoms with Gasteiger partial charge in [0.05, 0.1) is 31.9 Å². The van der Waals surface area contributed by atoms with Crippen LogP contribution in [0.15, 0.2) is 0 Å². The Morgan fingerprint density at radius 2 is 1.56 bits per heavy atom. The van der Waals surface area contributed by atoms with Crippen molar-refractivity contribution >= 4 is 11.9 Å². The lowest BCUT2D eigenvalue weighted by Gasteiger charge is -2.28. The van der Waals surface area contributed by atoms with Crippen LogP contribution in [-0.2, 0) is 19.1 Å². The number of carbonyl (C=O) groups excluding carboxylic acids is 2. The molecule has 2 fully saturated rings. The van der Waals surface area contributed by atoms with Crippen LogP contribution in [0, 0.1) is 0 Å². The van der Waals surface area contributed by atoms with E-state index in [4.69, 9.17) is 9.47 Å². The number of likely N-dealkylation sites (tertiary alicyclic amines) is 1. The molecule has 7 atom stereocenters. The SMILES string of the molecule is O=C(CC(=O)N1C(CO)C(O)[C@@H](O)C1CO)OC[C@H]1OCC(O)C1O. The minimum Gasteiger partial charge on any atom is -0.462 e. The van der Waals surface area contributed by atoms with Crippen molar-refractivity contribution in [2.45, 2.75) is 49.0 Å². The van der Waals surface area contributed by atoms with Crippen molar-refractivity contribution in [3.8, 4) is 0 Å². The van der Waals surface area contributed by atoms with Crippen LogP contribution in [0.5, 0.6) is 0 Å². The molecule has 0 aromatic heterocycles. The summed E-state index contributed by atoms with van der Waals surface area (Å²) in [6.07, 6.45) is -6.84. The second-order valence-electron chi connectivity index (χ2n) is 6.07. The van der Waals surface area contributed by atoms with Crippen LogP contribution in [0.25, 0.3) is 0 Å². The Hall–Kier alpha value is -1.34. The predicted molar refractivity (Wildman–Crippen MR) is 77.9 cm³/mol. The number of hydrogen-bond acceptors (Lipinski definition) is 10. The van der Waals surface area contributed by atoms with E-state index in [2.05, 4.69) is 0 Å². The zero-order valence-electron chi connectivity index (χ0n) is 13.3. The van der Waals surface area contributed by atoms with Gasteiger partial charge in [-0.2, -0.15) is 0 Å². The number of ether oxygens (including phenoxy) is 2. The normalized spacial score (nSPS) is 38.2. The van der Waals surface area contributed by atoms with Crippen molar-refractivity contribution < 1.29 is 49.7 Å². The van der Waals surface area contributed by atoms with Gasteiger partial charge in [0.25, 0.3) is 0 Å². The van der Waals surface area contributed by atoms with Gasteiger partial charge in [-0.3, -0.25) is 9.59 Å². The summed E-state index contributed by atoms with van der Waals surface area (Å²) in [5.74, 6) is -1.79. The minimum atomic E-state index is -1.45. The Kier molecular flexibility index (Phi) is 6.68. The molecule has 5 unspecified atom stereocenters. The molecule has 0 aromatic rings. The maximum atomic E-state index is 12.3. The van der Waals surface area contributed by atoms with Crippen LogP contribution in [0.4, 0.5) is 0 Å². The molecule has 2 aliphatic rings. The quantitative estimate of drug-likeness (QED) is 0.198. The largest absolute Gasteiger partial charge is 0.462 e. The molecular formula is C14H23NO10. The van der Waals surface area contributed by atoms with Crippen molar-refractivity contribution in [1.82, 2.24) is 4.90 Å². The molecule has 2 rings (SSSR count). The summed E-state index contributed by atoms with van der Waals surface area (Å²) < 4.78 is 9.86. The Morgan fingerprint density at radius 1 is 1.00 bits per heavy atom. The van der Waals surface area contributed by atoms with E-state index < -0.39 is 74.1 Å². The molecule has 0 aromatic carbocycles. The van der Waals surface area contributed by atoms with E-state index in [9.17, 15) is 40.2 Å². The van der Waals surface area contributed by atoms with Crippen molar-refractivity contribution in [3.63, 3.8) is 0 Å². The number of esters is 1. The lowest BCUT2D eigenvalue weighted by Crippen LogP contribution is -2.47. The van der Waals surface area contributed by atoms with Gasteiger partial charge in [-0.1, -0.05) is 0 Å². The number of amides is 1. The van der Waals surface area contributed by atoms with Gasteiger partial charge in [0.1, 0.15) is 43.5 Å². The van der Waals surface area contributed by atoms with Crippen LogP contribution in [0.3, 0.4) is 0 Å². The van der Waals surface area contributed by atoms with Gasteiger partial charge < -0.3 is 45.0 Å². The number of aliphatic hydroxyl groups excluding tert-OH is 6. The summed E-state index contributed by atoms with van der Waals surface area (Å²) in [6, 6.07) is -2.30. The summed E-state index contributed by atoms with van der Waals surface area (Å²) in [5.41, 5.74) is 0. The Bertz CT molecular complexity index is 472. The van der Waals surface area contributed by atoms with E-state index in [0.29, 0.717) is 0 Å². The second kappa shape index (κ2) is 8.36. The molecule has 11 nitrogen and oxygen atoms in total. The van der Waals surface area contributed by atoms with E-state index in [-0.39, 0.29) is 13.2 Å². The standard InChI is InChI=1S/C14H23NO10/c16-2-6-12(21)13(22)7(3-17)15(6)10(19)1-11(20)25-5-9-14(23)8(18)4-24-9/h6-9,12-14,16-18,21-23H,1-5H2/t6?,7?,8?,9-,12+,13?,14?/m1/s1. The van der Waals surface area contributed by atoms with Crippen LogP contribution >= 0.6 is 0 Å². The first kappa shape index (κ1) is 20.0. The molecule has 0 radical (unpaired) electrons. The highest BCUT2D eigenvalue weighted by Crippen LogP contribution is 2.26. The first-order chi connectivity index (χ1) is 11.8. The van der Waals surface area contributed by atoms with Crippen molar-refractivity contribution in [1.29, 1.82) is 0 Å². The Labute approximate surface area is 143 Å². The Morgan fingerprint density at radius 3 is 2.00 bits per heavy atom. The topological polar surface area (TPSA) is 177 Å². The number of aliphatic hydroxyl groups is 6. The minimum absolute atomic E-state index is 0.0950. The highest BCUT2D eigenvalue weighted by Gasteiger charge is 2.49. The maximum absolute atomic E-state index is 12.3. The summed E-state index contributed by atoms with van der Waals surface area (Å²) in [6.45, 7) is -1.77. The van der Waals surface area contributed by atoms with Gasteiger partial charge in [-0.25, -0.2) is 0 Å². The molecular weight excluding hydrogens is 342 g/mol. The zero-order valence-corrected chi connectivity index (χ0v) is 13.3. The highest BCUT2D eigenvalue weighted by atomic mass is 16.6. The van der Waals surface area contributed by atoms with E-state index >= 15 is 0 Å². The molecule has 6 N–H and O–H groups in total. The summed E-state index contributed by atoms with van der Waals surface area (Å²) in [5, 5.41) is 57.1. The Balaban J connectivity index is 1.90. The van der Waals surface area contributed by atoms with Crippen LogP contribution < -0.4 is 0 Å². The molecule has 0 bridgehead atoms. The molecule has 11 heteroatoms. The van der Waals surface area contributed by atoms with Gasteiger partial charge in [0.15, 0.2) is 0 Å². The molecule has 2 heterocycles. The number of carbonyl (C=O) groups is 2. The summed E-state index contributed by atoms with van der Waals surface area (Å²) >= 11 is 0. The third-order valence-corrected chi connectivity index (χ3v) is 4.48. The van der Waals surface area contributed by atoms with E-state index in [1.54, 1.807) is 0 Å². The lowest BCUT2D eigenvalue weighted by molar-refractivity contribution is -0.154. The van der Waals surface area contributed by atoms with Gasteiger partial charge in [-0.05, 0) is 0 Å². The molecule has 2 aliphatic heterocycles. The number of nitrogens with zero attached hydrogens (tertiary/aromatic N) is 1. The second-order valence-corrected chi connectivity index (χ2v) is 6.07.